The molecule has 0 fully saturated rings. The van der Waals surface area contributed by atoms with E-state index in [0.717, 1.165) is 17.2 Å². The fourth-order valence-electron chi connectivity index (χ4n) is 1.56. The zero-order valence-electron chi connectivity index (χ0n) is 7.73. The first-order valence-electron chi connectivity index (χ1n) is 4.30. The van der Waals surface area contributed by atoms with E-state index in [1.54, 1.807) is 6.20 Å². The Morgan fingerprint density at radius 1 is 1.36 bits per heavy atom. The van der Waals surface area contributed by atoms with Crippen LogP contribution in [0, 0.1) is 0 Å². The number of fused-ring (bicyclic) bond motifs is 1. The molecule has 1 aromatic carbocycles. The molecule has 70 valence electrons. The maximum atomic E-state index is 11.2. The van der Waals surface area contributed by atoms with Gasteiger partial charge in [-0.1, -0.05) is 18.2 Å². The van der Waals surface area contributed by atoms with E-state index in [1.807, 2.05) is 24.3 Å². The van der Waals surface area contributed by atoms with Crippen molar-refractivity contribution in [1.29, 1.82) is 0 Å². The van der Waals surface area contributed by atoms with E-state index in [9.17, 15) is 9.59 Å². The highest BCUT2D eigenvalue weighted by Gasteiger charge is 2.08. The van der Waals surface area contributed by atoms with Crippen molar-refractivity contribution < 1.29 is 9.59 Å². The Balaban J connectivity index is 2.86. The molecule has 0 bridgehead atoms. The second-order valence-electron chi connectivity index (χ2n) is 3.11. The summed E-state index contributed by atoms with van der Waals surface area (Å²) >= 11 is 0. The summed E-state index contributed by atoms with van der Waals surface area (Å²) in [5.41, 5.74) is 1.33. The number of carbonyl (C=O) groups excluding carboxylic acids is 2. The Bertz CT molecular complexity index is 511. The third-order valence-corrected chi connectivity index (χ3v) is 2.21. The van der Waals surface area contributed by atoms with Gasteiger partial charge in [-0.15, -0.1) is 0 Å². The van der Waals surface area contributed by atoms with Crippen molar-refractivity contribution in [3.05, 3.63) is 36.0 Å². The Morgan fingerprint density at radius 3 is 2.71 bits per heavy atom. The normalized spacial score (nSPS) is 10.4. The lowest BCUT2D eigenvalue weighted by Crippen LogP contribution is -2.02. The SMILES string of the molecule is CC(=O)n1cc(C=O)c2ccccc21. The molecule has 0 saturated carbocycles. The van der Waals surface area contributed by atoms with Crippen molar-refractivity contribution >= 4 is 23.1 Å². The fraction of sp³-hybridized carbons (Fsp3) is 0.0909. The first kappa shape index (κ1) is 8.69. The summed E-state index contributed by atoms with van der Waals surface area (Å²) in [5.74, 6) is -0.0886. The van der Waals surface area contributed by atoms with Crippen LogP contribution in [0.2, 0.25) is 0 Å². The Hall–Kier alpha value is -1.90. The maximum Gasteiger partial charge on any atom is 0.227 e. The summed E-state index contributed by atoms with van der Waals surface area (Å²) in [5, 5.41) is 0.817. The van der Waals surface area contributed by atoms with Crippen LogP contribution in [-0.2, 0) is 0 Å². The van der Waals surface area contributed by atoms with Crippen molar-refractivity contribution in [3.63, 3.8) is 0 Å². The van der Waals surface area contributed by atoms with E-state index in [4.69, 9.17) is 0 Å². The van der Waals surface area contributed by atoms with Gasteiger partial charge in [0.2, 0.25) is 5.91 Å². The first-order valence-corrected chi connectivity index (χ1v) is 4.30. The van der Waals surface area contributed by atoms with Crippen LogP contribution in [0.15, 0.2) is 30.5 Å². The minimum atomic E-state index is -0.0886. The van der Waals surface area contributed by atoms with E-state index in [0.29, 0.717) is 5.56 Å². The molecule has 0 N–H and O–H groups in total. The Labute approximate surface area is 81.0 Å². The largest absolute Gasteiger partial charge is 0.298 e. The van der Waals surface area contributed by atoms with Gasteiger partial charge >= 0.3 is 0 Å². The second-order valence-corrected chi connectivity index (χ2v) is 3.11. The van der Waals surface area contributed by atoms with Gasteiger partial charge in [-0.2, -0.15) is 0 Å². The Kier molecular flexibility index (Phi) is 1.93. The highest BCUT2D eigenvalue weighted by atomic mass is 16.1. The zero-order chi connectivity index (χ0) is 10.1. The number of nitrogens with zero attached hydrogens (tertiary/aromatic N) is 1. The van der Waals surface area contributed by atoms with Gasteiger partial charge < -0.3 is 0 Å². The molecular weight excluding hydrogens is 178 g/mol. The highest BCUT2D eigenvalue weighted by molar-refractivity contribution is 6.01. The fourth-order valence-corrected chi connectivity index (χ4v) is 1.56. The molecule has 1 aromatic heterocycles. The van der Waals surface area contributed by atoms with E-state index < -0.39 is 0 Å². The molecule has 0 aliphatic rings. The molecule has 14 heavy (non-hydrogen) atoms. The van der Waals surface area contributed by atoms with Crippen molar-refractivity contribution in [1.82, 2.24) is 4.57 Å². The lowest BCUT2D eigenvalue weighted by molar-refractivity contribution is 0.0941. The summed E-state index contributed by atoms with van der Waals surface area (Å²) < 4.78 is 1.49. The number of rotatable bonds is 1. The number of hydrogen-bond acceptors (Lipinski definition) is 2. The third-order valence-electron chi connectivity index (χ3n) is 2.21. The lowest BCUT2D eigenvalue weighted by atomic mass is 10.2. The van der Waals surface area contributed by atoms with Crippen LogP contribution in [0.4, 0.5) is 0 Å². The van der Waals surface area contributed by atoms with E-state index in [-0.39, 0.29) is 5.91 Å². The summed E-state index contributed by atoms with van der Waals surface area (Å²) in [6.07, 6.45) is 2.34. The van der Waals surface area contributed by atoms with E-state index in [1.165, 1.54) is 11.5 Å². The standard InChI is InChI=1S/C11H9NO2/c1-8(14)12-6-9(7-13)10-4-2-3-5-11(10)12/h2-7H,1H3. The van der Waals surface area contributed by atoms with Crippen LogP contribution >= 0.6 is 0 Å². The minimum Gasteiger partial charge on any atom is -0.298 e. The van der Waals surface area contributed by atoms with Gasteiger partial charge in [-0.05, 0) is 6.07 Å². The minimum absolute atomic E-state index is 0.0886. The molecule has 0 saturated heterocycles. The quantitative estimate of drug-likeness (QED) is 0.641. The van der Waals surface area contributed by atoms with Crippen LogP contribution in [0.1, 0.15) is 22.1 Å². The van der Waals surface area contributed by atoms with E-state index in [2.05, 4.69) is 0 Å². The van der Waals surface area contributed by atoms with Crippen molar-refractivity contribution in [3.8, 4) is 0 Å². The van der Waals surface area contributed by atoms with Crippen molar-refractivity contribution in [2.24, 2.45) is 0 Å². The molecule has 0 aliphatic heterocycles. The van der Waals surface area contributed by atoms with Crippen LogP contribution in [0.25, 0.3) is 10.9 Å². The van der Waals surface area contributed by atoms with Gasteiger partial charge in [0.1, 0.15) is 0 Å². The molecular formula is C11H9NO2. The van der Waals surface area contributed by atoms with Crippen molar-refractivity contribution in [2.75, 3.05) is 0 Å². The number of para-hydroxylation sites is 1. The molecule has 0 spiro atoms. The number of aldehydes is 1. The number of carbonyl (C=O) groups is 2. The average molecular weight is 187 g/mol. The monoisotopic (exact) mass is 187 g/mol. The van der Waals surface area contributed by atoms with Crippen LogP contribution < -0.4 is 0 Å². The summed E-state index contributed by atoms with van der Waals surface area (Å²) in [6.45, 7) is 1.47. The van der Waals surface area contributed by atoms with Gasteiger partial charge in [-0.25, -0.2) is 0 Å². The number of hydrogen-bond donors (Lipinski definition) is 0. The molecule has 0 unspecified atom stereocenters. The topological polar surface area (TPSA) is 39.1 Å². The third kappa shape index (κ3) is 1.14. The maximum absolute atomic E-state index is 11.2. The first-order chi connectivity index (χ1) is 6.74. The summed E-state index contributed by atoms with van der Waals surface area (Å²) in [6, 6.07) is 7.35. The molecule has 3 heteroatoms. The summed E-state index contributed by atoms with van der Waals surface area (Å²) in [4.78, 5) is 22.0. The molecule has 3 nitrogen and oxygen atoms in total. The molecule has 0 aliphatic carbocycles. The number of aromatic nitrogens is 1. The lowest BCUT2D eigenvalue weighted by Gasteiger charge is -1.96. The van der Waals surface area contributed by atoms with Crippen LogP contribution in [0.3, 0.4) is 0 Å². The zero-order valence-corrected chi connectivity index (χ0v) is 7.73. The molecule has 1 heterocycles. The van der Waals surface area contributed by atoms with Crippen molar-refractivity contribution in [2.45, 2.75) is 6.92 Å². The predicted octanol–water partition coefficient (Wildman–Crippen LogP) is 2.11. The predicted molar refractivity (Wildman–Crippen MR) is 53.6 cm³/mol. The van der Waals surface area contributed by atoms with Gasteiger partial charge in [0.05, 0.1) is 5.52 Å². The molecule has 2 rings (SSSR count). The molecule has 0 radical (unpaired) electrons. The van der Waals surface area contributed by atoms with Gasteiger partial charge in [0.15, 0.2) is 6.29 Å². The number of benzene rings is 1. The summed E-state index contributed by atoms with van der Waals surface area (Å²) in [7, 11) is 0. The molecule has 0 amide bonds. The molecule has 0 atom stereocenters. The van der Waals surface area contributed by atoms with Gasteiger partial charge in [0.25, 0.3) is 0 Å². The highest BCUT2D eigenvalue weighted by Crippen LogP contribution is 2.19. The van der Waals surface area contributed by atoms with Gasteiger partial charge in [-0.3, -0.25) is 14.2 Å². The molecule has 2 aromatic rings. The average Bonchev–Trinajstić information content (AvgIpc) is 2.56. The van der Waals surface area contributed by atoms with Crippen LogP contribution in [-0.4, -0.2) is 16.8 Å². The van der Waals surface area contributed by atoms with E-state index >= 15 is 0 Å². The Morgan fingerprint density at radius 2 is 2.07 bits per heavy atom. The van der Waals surface area contributed by atoms with Crippen LogP contribution in [0.5, 0.6) is 0 Å². The second kappa shape index (κ2) is 3.10. The smallest absolute Gasteiger partial charge is 0.227 e. The van der Waals surface area contributed by atoms with Gasteiger partial charge in [0, 0.05) is 24.1 Å².